The molecule has 0 spiro atoms. The maximum absolute atomic E-state index is 5.79. The Labute approximate surface area is 119 Å². The highest BCUT2D eigenvalue weighted by Crippen LogP contribution is 2.26. The van der Waals surface area contributed by atoms with E-state index in [-0.39, 0.29) is 0 Å². The van der Waals surface area contributed by atoms with Crippen LogP contribution in [0.1, 0.15) is 38.8 Å². The Balaban J connectivity index is 2.15. The zero-order valence-electron chi connectivity index (χ0n) is 12.4. The third-order valence-corrected chi connectivity index (χ3v) is 2.90. The molecule has 0 saturated heterocycles. The molecule has 0 amide bonds. The van der Waals surface area contributed by atoms with Crippen LogP contribution >= 0.6 is 0 Å². The van der Waals surface area contributed by atoms with E-state index in [9.17, 15) is 0 Å². The van der Waals surface area contributed by atoms with E-state index in [0.717, 1.165) is 24.3 Å². The molecule has 2 rings (SSSR count). The molecule has 108 valence electrons. The van der Waals surface area contributed by atoms with Gasteiger partial charge in [-0.15, -0.1) is 0 Å². The van der Waals surface area contributed by atoms with E-state index in [4.69, 9.17) is 4.74 Å². The van der Waals surface area contributed by atoms with Crippen LogP contribution in [-0.4, -0.2) is 26.3 Å². The lowest BCUT2D eigenvalue weighted by Crippen LogP contribution is -2.05. The molecule has 2 aromatic rings. The highest BCUT2D eigenvalue weighted by atomic mass is 16.5. The molecule has 0 bridgehead atoms. The van der Waals surface area contributed by atoms with Crippen molar-refractivity contribution in [2.75, 3.05) is 11.9 Å². The molecule has 6 nitrogen and oxygen atoms in total. The van der Waals surface area contributed by atoms with Gasteiger partial charge in [-0.2, -0.15) is 5.10 Å². The number of hydrogen-bond acceptors (Lipinski definition) is 5. The molecular formula is C14H21N5O. The van der Waals surface area contributed by atoms with Crippen LogP contribution in [0.25, 0.3) is 0 Å². The topological polar surface area (TPSA) is 64.9 Å². The van der Waals surface area contributed by atoms with Gasteiger partial charge in [-0.1, -0.05) is 6.92 Å². The van der Waals surface area contributed by atoms with Gasteiger partial charge in [0.25, 0.3) is 0 Å². The molecule has 0 atom stereocenters. The second kappa shape index (κ2) is 6.36. The minimum atomic E-state index is 0.306. The van der Waals surface area contributed by atoms with Gasteiger partial charge in [-0.3, -0.25) is 4.68 Å². The minimum Gasteiger partial charge on any atom is -0.435 e. The Kier molecular flexibility index (Phi) is 4.55. The van der Waals surface area contributed by atoms with Gasteiger partial charge in [-0.25, -0.2) is 9.97 Å². The molecule has 0 aliphatic rings. The first kappa shape index (κ1) is 14.3. The van der Waals surface area contributed by atoms with Crippen molar-refractivity contribution in [2.45, 2.75) is 40.2 Å². The minimum absolute atomic E-state index is 0.306. The largest absolute Gasteiger partial charge is 0.435 e. The molecule has 20 heavy (non-hydrogen) atoms. The van der Waals surface area contributed by atoms with Crippen molar-refractivity contribution in [3.63, 3.8) is 0 Å². The number of ether oxygens (including phenoxy) is 1. The van der Waals surface area contributed by atoms with E-state index in [1.807, 2.05) is 17.8 Å². The highest BCUT2D eigenvalue weighted by Gasteiger charge is 2.10. The number of aromatic nitrogens is 4. The van der Waals surface area contributed by atoms with Gasteiger partial charge in [0.15, 0.2) is 5.75 Å². The summed E-state index contributed by atoms with van der Waals surface area (Å²) < 4.78 is 7.64. The van der Waals surface area contributed by atoms with E-state index in [0.29, 0.717) is 17.7 Å². The molecule has 0 fully saturated rings. The van der Waals surface area contributed by atoms with Gasteiger partial charge in [0, 0.05) is 12.6 Å². The lowest BCUT2D eigenvalue weighted by Gasteiger charge is -2.10. The molecule has 0 unspecified atom stereocenters. The summed E-state index contributed by atoms with van der Waals surface area (Å²) in [5.74, 6) is 2.05. The zero-order chi connectivity index (χ0) is 14.5. The van der Waals surface area contributed by atoms with Crippen molar-refractivity contribution in [1.82, 2.24) is 19.7 Å². The first-order valence-corrected chi connectivity index (χ1v) is 6.89. The van der Waals surface area contributed by atoms with E-state index in [1.54, 1.807) is 6.20 Å². The van der Waals surface area contributed by atoms with Gasteiger partial charge >= 0.3 is 0 Å². The van der Waals surface area contributed by atoms with Crippen LogP contribution in [0, 0.1) is 6.92 Å². The second-order valence-corrected chi connectivity index (χ2v) is 4.93. The smallest absolute Gasteiger partial charge is 0.227 e. The predicted octanol–water partition coefficient (Wildman–Crippen LogP) is 3.18. The van der Waals surface area contributed by atoms with Crippen LogP contribution in [0.2, 0.25) is 0 Å². The van der Waals surface area contributed by atoms with Crippen LogP contribution in [0.3, 0.4) is 0 Å². The van der Waals surface area contributed by atoms with Crippen molar-refractivity contribution in [3.05, 3.63) is 24.3 Å². The maximum atomic E-state index is 5.79. The Bertz CT molecular complexity index is 564. The Hall–Kier alpha value is -2.11. The lowest BCUT2D eigenvalue weighted by molar-refractivity contribution is 0.454. The zero-order valence-corrected chi connectivity index (χ0v) is 12.4. The molecule has 2 aromatic heterocycles. The van der Waals surface area contributed by atoms with E-state index in [1.165, 1.54) is 6.33 Å². The summed E-state index contributed by atoms with van der Waals surface area (Å²) in [4.78, 5) is 8.41. The molecule has 2 heterocycles. The molecule has 0 aromatic carbocycles. The number of hydrogen-bond donors (Lipinski definition) is 1. The average Bonchev–Trinajstić information content (AvgIpc) is 2.88. The van der Waals surface area contributed by atoms with Crippen LogP contribution in [0.4, 0.5) is 5.82 Å². The van der Waals surface area contributed by atoms with Gasteiger partial charge in [-0.05, 0) is 27.2 Å². The van der Waals surface area contributed by atoms with Crippen LogP contribution in [-0.2, 0) is 0 Å². The Morgan fingerprint density at radius 3 is 2.80 bits per heavy atom. The standard InChI is InChI=1S/C14H21N5O/c1-5-6-15-13-11(4)14(17-9-16-13)20-12-7-18-19(8-12)10(2)3/h7-10H,5-6H2,1-4H3,(H,15,16,17). The van der Waals surface area contributed by atoms with Crippen molar-refractivity contribution < 1.29 is 4.74 Å². The first-order chi connectivity index (χ1) is 9.61. The Morgan fingerprint density at radius 2 is 2.15 bits per heavy atom. The second-order valence-electron chi connectivity index (χ2n) is 4.93. The molecule has 1 N–H and O–H groups in total. The monoisotopic (exact) mass is 275 g/mol. The third kappa shape index (κ3) is 3.26. The summed E-state index contributed by atoms with van der Waals surface area (Å²) >= 11 is 0. The third-order valence-electron chi connectivity index (χ3n) is 2.90. The van der Waals surface area contributed by atoms with E-state index < -0.39 is 0 Å². The fourth-order valence-electron chi connectivity index (χ4n) is 1.73. The lowest BCUT2D eigenvalue weighted by atomic mass is 10.3. The molecule has 0 aliphatic heterocycles. The van der Waals surface area contributed by atoms with Crippen molar-refractivity contribution in [3.8, 4) is 11.6 Å². The summed E-state index contributed by atoms with van der Waals surface area (Å²) in [6.07, 6.45) is 6.11. The fraction of sp³-hybridized carbons (Fsp3) is 0.500. The molecule has 6 heteroatoms. The quantitative estimate of drug-likeness (QED) is 0.877. The van der Waals surface area contributed by atoms with Crippen molar-refractivity contribution in [1.29, 1.82) is 0 Å². The molecule has 0 aliphatic carbocycles. The Morgan fingerprint density at radius 1 is 1.35 bits per heavy atom. The van der Waals surface area contributed by atoms with Crippen LogP contribution in [0.5, 0.6) is 11.6 Å². The highest BCUT2D eigenvalue weighted by molar-refractivity contribution is 5.48. The number of rotatable bonds is 6. The number of anilines is 1. The average molecular weight is 275 g/mol. The summed E-state index contributed by atoms with van der Waals surface area (Å²) in [5.41, 5.74) is 0.901. The van der Waals surface area contributed by atoms with Crippen molar-refractivity contribution >= 4 is 5.82 Å². The fourth-order valence-corrected chi connectivity index (χ4v) is 1.73. The summed E-state index contributed by atoms with van der Waals surface area (Å²) in [6.45, 7) is 9.07. The van der Waals surface area contributed by atoms with E-state index >= 15 is 0 Å². The van der Waals surface area contributed by atoms with Crippen LogP contribution in [0.15, 0.2) is 18.7 Å². The number of nitrogens with zero attached hydrogens (tertiary/aromatic N) is 4. The normalized spacial score (nSPS) is 10.8. The van der Waals surface area contributed by atoms with Gasteiger partial charge in [0.2, 0.25) is 5.88 Å². The van der Waals surface area contributed by atoms with Crippen LogP contribution < -0.4 is 10.1 Å². The van der Waals surface area contributed by atoms with Gasteiger partial charge in [0.1, 0.15) is 12.1 Å². The van der Waals surface area contributed by atoms with Gasteiger partial charge in [0.05, 0.1) is 18.0 Å². The SMILES string of the molecule is CCCNc1ncnc(Oc2cnn(C(C)C)c2)c1C. The summed E-state index contributed by atoms with van der Waals surface area (Å²) in [5, 5.41) is 7.51. The molecule has 0 radical (unpaired) electrons. The number of nitrogens with one attached hydrogen (secondary N) is 1. The predicted molar refractivity (Wildman–Crippen MR) is 78.2 cm³/mol. The summed E-state index contributed by atoms with van der Waals surface area (Å²) in [7, 11) is 0. The first-order valence-electron chi connectivity index (χ1n) is 6.89. The van der Waals surface area contributed by atoms with Gasteiger partial charge < -0.3 is 10.1 Å². The summed E-state index contributed by atoms with van der Waals surface area (Å²) in [6, 6.07) is 0.306. The van der Waals surface area contributed by atoms with E-state index in [2.05, 4.69) is 41.2 Å². The van der Waals surface area contributed by atoms with Crippen molar-refractivity contribution in [2.24, 2.45) is 0 Å². The maximum Gasteiger partial charge on any atom is 0.227 e. The molecule has 0 saturated carbocycles. The molecular weight excluding hydrogens is 254 g/mol.